The maximum Gasteiger partial charge on any atom is 0.255 e. The molecular weight excluding hydrogens is 434 g/mol. The summed E-state index contributed by atoms with van der Waals surface area (Å²) in [6.45, 7) is 4.37. The average molecular weight is 466 g/mol. The summed E-state index contributed by atoms with van der Waals surface area (Å²) in [6, 6.07) is 23.4. The fourth-order valence-corrected chi connectivity index (χ4v) is 4.50. The molecule has 3 aromatic carbocycles. The minimum Gasteiger partial charge on any atom is -0.357 e. The highest BCUT2D eigenvalue weighted by Crippen LogP contribution is 2.22. The number of carbonyl (C=O) groups is 1. The number of nitrogens with one attached hydrogen (secondary N) is 1. The normalized spacial score (nSPS) is 14.1. The number of amides is 1. The second kappa shape index (κ2) is 10.7. The van der Waals surface area contributed by atoms with Gasteiger partial charge in [-0.3, -0.25) is 9.78 Å². The third kappa shape index (κ3) is 5.66. The Morgan fingerprint density at radius 3 is 2.43 bits per heavy atom. The third-order valence-electron chi connectivity index (χ3n) is 6.63. The first-order valence-corrected chi connectivity index (χ1v) is 12.3. The molecule has 1 fully saturated rings. The summed E-state index contributed by atoms with van der Waals surface area (Å²) in [7, 11) is 2.07. The molecule has 0 atom stereocenters. The largest absolute Gasteiger partial charge is 0.357 e. The fourth-order valence-electron chi connectivity index (χ4n) is 4.50. The molecule has 2 heterocycles. The molecule has 5 rings (SSSR count). The molecule has 35 heavy (non-hydrogen) atoms. The maximum absolute atomic E-state index is 12.8. The molecule has 6 heteroatoms. The monoisotopic (exact) mass is 465 g/mol. The molecule has 1 amide bonds. The lowest BCUT2D eigenvalue weighted by Gasteiger charge is -2.28. The topological polar surface area (TPSA) is 61.4 Å². The van der Waals surface area contributed by atoms with Crippen molar-refractivity contribution in [1.82, 2.24) is 14.9 Å². The zero-order chi connectivity index (χ0) is 24.0. The molecular formula is C29H31N5O. The van der Waals surface area contributed by atoms with E-state index in [-0.39, 0.29) is 5.91 Å². The lowest BCUT2D eigenvalue weighted by atomic mass is 10.0. The minimum absolute atomic E-state index is 0.147. The van der Waals surface area contributed by atoms with Crippen LogP contribution in [-0.2, 0) is 0 Å². The van der Waals surface area contributed by atoms with Crippen LogP contribution in [0, 0.1) is 0 Å². The van der Waals surface area contributed by atoms with Gasteiger partial charge in [0.2, 0.25) is 0 Å². The molecule has 178 valence electrons. The molecule has 6 nitrogen and oxygen atoms in total. The van der Waals surface area contributed by atoms with Gasteiger partial charge in [-0.15, -0.1) is 0 Å². The van der Waals surface area contributed by atoms with Gasteiger partial charge in [0, 0.05) is 31.4 Å². The standard InChI is InChI=1S/C29H31N5O/c1-33(18-19-34-16-6-3-7-17-34)28-21-30-27-20-25(14-15-26(27)32-28)31-29(35)24-12-10-23(11-13-24)22-8-4-2-5-9-22/h2,4-5,8-15,20-21H,3,6-7,16-19H2,1H3,(H,31,35). The number of likely N-dealkylation sites (N-methyl/N-ethyl adjacent to an activating group) is 1. The van der Waals surface area contributed by atoms with Crippen molar-refractivity contribution >= 4 is 28.4 Å². The van der Waals surface area contributed by atoms with Gasteiger partial charge in [-0.2, -0.15) is 0 Å². The van der Waals surface area contributed by atoms with Gasteiger partial charge in [-0.1, -0.05) is 48.9 Å². The SMILES string of the molecule is CN(CCN1CCCCC1)c1cnc2cc(NC(=O)c3ccc(-c4ccccc4)cc3)ccc2n1. The predicted molar refractivity (Wildman–Crippen MR) is 143 cm³/mol. The van der Waals surface area contributed by atoms with Crippen molar-refractivity contribution in [3.05, 3.63) is 84.6 Å². The summed E-state index contributed by atoms with van der Waals surface area (Å²) in [4.78, 5) is 26.9. The summed E-state index contributed by atoms with van der Waals surface area (Å²) in [6.07, 6.45) is 5.77. The van der Waals surface area contributed by atoms with E-state index >= 15 is 0 Å². The summed E-state index contributed by atoms with van der Waals surface area (Å²) >= 11 is 0. The average Bonchev–Trinajstić information content (AvgIpc) is 2.92. The highest BCUT2D eigenvalue weighted by Gasteiger charge is 2.13. The maximum atomic E-state index is 12.8. The fraction of sp³-hybridized carbons (Fsp3) is 0.276. The van der Waals surface area contributed by atoms with Crippen molar-refractivity contribution in [2.45, 2.75) is 19.3 Å². The smallest absolute Gasteiger partial charge is 0.255 e. The predicted octanol–water partition coefficient (Wildman–Crippen LogP) is 5.47. The number of nitrogens with zero attached hydrogens (tertiary/aromatic N) is 4. The third-order valence-corrected chi connectivity index (χ3v) is 6.63. The highest BCUT2D eigenvalue weighted by atomic mass is 16.1. The highest BCUT2D eigenvalue weighted by molar-refractivity contribution is 6.05. The van der Waals surface area contributed by atoms with Crippen LogP contribution in [0.1, 0.15) is 29.6 Å². The van der Waals surface area contributed by atoms with Gasteiger partial charge in [0.15, 0.2) is 0 Å². The number of benzene rings is 3. The van der Waals surface area contributed by atoms with E-state index < -0.39 is 0 Å². The number of hydrogen-bond acceptors (Lipinski definition) is 5. The molecule has 1 N–H and O–H groups in total. The summed E-state index contributed by atoms with van der Waals surface area (Å²) in [5.41, 5.74) is 5.11. The Morgan fingerprint density at radius 1 is 0.914 bits per heavy atom. The number of rotatable bonds is 7. The van der Waals surface area contributed by atoms with Crippen molar-refractivity contribution in [1.29, 1.82) is 0 Å². The summed E-state index contributed by atoms with van der Waals surface area (Å²) in [5.74, 6) is 0.718. The van der Waals surface area contributed by atoms with Crippen LogP contribution in [0.25, 0.3) is 22.2 Å². The molecule has 1 aromatic heterocycles. The van der Waals surface area contributed by atoms with Crippen molar-refractivity contribution in [3.63, 3.8) is 0 Å². The van der Waals surface area contributed by atoms with Crippen molar-refractivity contribution in [3.8, 4) is 11.1 Å². The second-order valence-electron chi connectivity index (χ2n) is 9.15. The molecule has 4 aromatic rings. The van der Waals surface area contributed by atoms with E-state index in [4.69, 9.17) is 4.98 Å². The van der Waals surface area contributed by atoms with Gasteiger partial charge in [-0.05, 0) is 67.4 Å². The number of likely N-dealkylation sites (tertiary alicyclic amines) is 1. The van der Waals surface area contributed by atoms with E-state index in [1.165, 1.54) is 32.4 Å². The van der Waals surface area contributed by atoms with E-state index in [0.29, 0.717) is 11.3 Å². The van der Waals surface area contributed by atoms with Crippen molar-refractivity contribution in [2.24, 2.45) is 0 Å². The van der Waals surface area contributed by atoms with Crippen LogP contribution in [0.5, 0.6) is 0 Å². The Bertz CT molecular complexity index is 1280. The number of carbonyl (C=O) groups excluding carboxylic acids is 1. The Kier molecular flexibility index (Phi) is 7.00. The van der Waals surface area contributed by atoms with Gasteiger partial charge >= 0.3 is 0 Å². The van der Waals surface area contributed by atoms with Crippen LogP contribution >= 0.6 is 0 Å². The second-order valence-corrected chi connectivity index (χ2v) is 9.15. The lowest BCUT2D eigenvalue weighted by molar-refractivity contribution is 0.102. The number of piperidine rings is 1. The number of fused-ring (bicyclic) bond motifs is 1. The van der Waals surface area contributed by atoms with E-state index in [1.807, 2.05) is 66.9 Å². The molecule has 0 saturated carbocycles. The number of hydrogen-bond donors (Lipinski definition) is 1. The molecule has 0 radical (unpaired) electrons. The van der Waals surface area contributed by atoms with Crippen LogP contribution in [0.4, 0.5) is 11.5 Å². The number of anilines is 2. The zero-order valence-electron chi connectivity index (χ0n) is 20.2. The Balaban J connectivity index is 1.22. The quantitative estimate of drug-likeness (QED) is 0.392. The molecule has 1 saturated heterocycles. The van der Waals surface area contributed by atoms with Gasteiger partial charge in [0.05, 0.1) is 17.2 Å². The summed E-state index contributed by atoms with van der Waals surface area (Å²) in [5, 5.41) is 2.98. The van der Waals surface area contributed by atoms with Crippen LogP contribution in [0.15, 0.2) is 79.0 Å². The Morgan fingerprint density at radius 2 is 1.66 bits per heavy atom. The van der Waals surface area contributed by atoms with E-state index in [2.05, 4.69) is 39.3 Å². The Hall–Kier alpha value is -3.77. The number of aromatic nitrogens is 2. The lowest BCUT2D eigenvalue weighted by Crippen LogP contribution is -2.36. The molecule has 0 aliphatic carbocycles. The van der Waals surface area contributed by atoms with Gasteiger partial charge in [0.1, 0.15) is 5.82 Å². The van der Waals surface area contributed by atoms with E-state index in [0.717, 1.165) is 41.1 Å². The van der Waals surface area contributed by atoms with Crippen molar-refractivity contribution in [2.75, 3.05) is 43.4 Å². The van der Waals surface area contributed by atoms with Crippen LogP contribution in [-0.4, -0.2) is 54.0 Å². The molecule has 0 unspecified atom stereocenters. The van der Waals surface area contributed by atoms with Crippen LogP contribution < -0.4 is 10.2 Å². The first kappa shape index (κ1) is 23.0. The minimum atomic E-state index is -0.147. The summed E-state index contributed by atoms with van der Waals surface area (Å²) < 4.78 is 0. The van der Waals surface area contributed by atoms with E-state index in [1.54, 1.807) is 0 Å². The molecule has 1 aliphatic rings. The zero-order valence-corrected chi connectivity index (χ0v) is 20.2. The van der Waals surface area contributed by atoms with Gasteiger partial charge in [-0.25, -0.2) is 4.98 Å². The molecule has 1 aliphatic heterocycles. The first-order chi connectivity index (χ1) is 17.2. The first-order valence-electron chi connectivity index (χ1n) is 12.3. The van der Waals surface area contributed by atoms with Crippen LogP contribution in [0.3, 0.4) is 0 Å². The Labute approximate surface area is 206 Å². The molecule has 0 bridgehead atoms. The van der Waals surface area contributed by atoms with Crippen LogP contribution in [0.2, 0.25) is 0 Å². The van der Waals surface area contributed by atoms with Gasteiger partial charge in [0.25, 0.3) is 5.91 Å². The van der Waals surface area contributed by atoms with Gasteiger partial charge < -0.3 is 15.1 Å². The van der Waals surface area contributed by atoms with E-state index in [9.17, 15) is 4.79 Å². The molecule has 0 spiro atoms. The van der Waals surface area contributed by atoms with Crippen molar-refractivity contribution < 1.29 is 4.79 Å².